The minimum absolute atomic E-state index is 0. The van der Waals surface area contributed by atoms with E-state index in [-0.39, 0.29) is 24.8 Å². The Kier molecular flexibility index (Phi) is 7.99. The van der Waals surface area contributed by atoms with Gasteiger partial charge in [-0.25, -0.2) is 0 Å². The van der Waals surface area contributed by atoms with Gasteiger partial charge in [0.05, 0.1) is 6.10 Å². The molecule has 1 saturated heterocycles. The fourth-order valence-corrected chi connectivity index (χ4v) is 3.98. The zero-order valence-corrected chi connectivity index (χ0v) is 17.8. The molecule has 1 unspecified atom stereocenters. The Balaban J connectivity index is 0.00000131. The quantitative estimate of drug-likeness (QED) is 0.730. The van der Waals surface area contributed by atoms with E-state index in [0.29, 0.717) is 6.10 Å². The van der Waals surface area contributed by atoms with E-state index in [4.69, 9.17) is 4.74 Å². The molecule has 148 valence electrons. The first kappa shape index (κ1) is 22.0. The van der Waals surface area contributed by atoms with Crippen LogP contribution < -0.4 is 5.32 Å². The molecule has 3 nitrogen and oxygen atoms in total. The van der Waals surface area contributed by atoms with Crippen LogP contribution in [0.2, 0.25) is 0 Å². The highest BCUT2D eigenvalue weighted by Crippen LogP contribution is 2.28. The van der Waals surface area contributed by atoms with Crippen LogP contribution in [0.25, 0.3) is 0 Å². The smallest absolute Gasteiger partial charge is 0.0703 e. The van der Waals surface area contributed by atoms with E-state index in [9.17, 15) is 0 Å². The highest BCUT2D eigenvalue weighted by atomic mass is 35.5. The first-order valence-corrected chi connectivity index (χ1v) is 9.44. The molecule has 0 spiro atoms. The van der Waals surface area contributed by atoms with E-state index in [2.05, 4.69) is 60.5 Å². The number of ether oxygens (including phenoxy) is 1. The van der Waals surface area contributed by atoms with Crippen LogP contribution in [0.4, 0.5) is 5.69 Å². The van der Waals surface area contributed by atoms with Crippen molar-refractivity contribution in [2.24, 2.45) is 0 Å². The Morgan fingerprint density at radius 3 is 2.67 bits per heavy atom. The van der Waals surface area contributed by atoms with Crippen LogP contribution in [0.1, 0.15) is 40.7 Å². The van der Waals surface area contributed by atoms with Crippen LogP contribution in [0.3, 0.4) is 0 Å². The van der Waals surface area contributed by atoms with Crippen LogP contribution >= 0.6 is 24.8 Å². The second-order valence-corrected chi connectivity index (χ2v) is 7.51. The lowest BCUT2D eigenvalue weighted by molar-refractivity contribution is 0.0723. The second kappa shape index (κ2) is 9.79. The lowest BCUT2D eigenvalue weighted by Gasteiger charge is -2.19. The van der Waals surface area contributed by atoms with E-state index < -0.39 is 0 Å². The van der Waals surface area contributed by atoms with Crippen molar-refractivity contribution in [3.8, 4) is 0 Å². The molecule has 2 aromatic carbocycles. The van der Waals surface area contributed by atoms with Crippen molar-refractivity contribution in [2.75, 3.05) is 18.5 Å². The molecule has 2 heterocycles. The van der Waals surface area contributed by atoms with Gasteiger partial charge >= 0.3 is 0 Å². The summed E-state index contributed by atoms with van der Waals surface area (Å²) in [5.41, 5.74) is 8.30. The van der Waals surface area contributed by atoms with E-state index >= 15 is 0 Å². The number of rotatable bonds is 5. The third-order valence-corrected chi connectivity index (χ3v) is 5.62. The van der Waals surface area contributed by atoms with Gasteiger partial charge in [-0.1, -0.05) is 24.3 Å². The fraction of sp³-hybridized carbons (Fsp3) is 0.455. The Morgan fingerprint density at radius 1 is 1.07 bits per heavy atom. The first-order chi connectivity index (χ1) is 12.2. The molecule has 4 rings (SSSR count). The average Bonchev–Trinajstić information content (AvgIpc) is 3.25. The number of hydrogen-bond acceptors (Lipinski definition) is 3. The van der Waals surface area contributed by atoms with E-state index in [1.165, 1.54) is 46.3 Å². The monoisotopic (exact) mass is 408 g/mol. The minimum atomic E-state index is 0. The van der Waals surface area contributed by atoms with Crippen LogP contribution in [0.5, 0.6) is 0 Å². The van der Waals surface area contributed by atoms with Gasteiger partial charge in [-0.3, -0.25) is 4.90 Å². The SMILES string of the molecule is Cc1ccc(NCc2cccc3c2CN(CC2CCCO2)C3)cc1C.Cl.Cl. The van der Waals surface area contributed by atoms with Gasteiger partial charge in [-0.05, 0) is 66.6 Å². The van der Waals surface area contributed by atoms with E-state index in [1.54, 1.807) is 0 Å². The Labute approximate surface area is 175 Å². The molecule has 0 radical (unpaired) electrons. The van der Waals surface area contributed by atoms with Gasteiger partial charge in [-0.2, -0.15) is 0 Å². The first-order valence-electron chi connectivity index (χ1n) is 9.44. The van der Waals surface area contributed by atoms with Crippen molar-refractivity contribution >= 4 is 30.5 Å². The lowest BCUT2D eigenvalue weighted by atomic mass is 10.0. The summed E-state index contributed by atoms with van der Waals surface area (Å²) in [5.74, 6) is 0. The molecular weight excluding hydrogens is 379 g/mol. The Bertz CT molecular complexity index is 760. The molecule has 2 aliphatic rings. The van der Waals surface area contributed by atoms with Crippen LogP contribution in [-0.2, 0) is 24.4 Å². The minimum Gasteiger partial charge on any atom is -0.381 e. The predicted octanol–water partition coefficient (Wildman–Crippen LogP) is 5.25. The largest absolute Gasteiger partial charge is 0.381 e. The summed E-state index contributed by atoms with van der Waals surface area (Å²) in [6, 6.07) is 13.4. The number of nitrogens with one attached hydrogen (secondary N) is 1. The third kappa shape index (κ3) is 5.17. The summed E-state index contributed by atoms with van der Waals surface area (Å²) in [4.78, 5) is 2.54. The van der Waals surface area contributed by atoms with Gasteiger partial charge in [0, 0.05) is 38.5 Å². The van der Waals surface area contributed by atoms with Crippen molar-refractivity contribution < 1.29 is 4.74 Å². The molecule has 2 aromatic rings. The third-order valence-electron chi connectivity index (χ3n) is 5.62. The Hall–Kier alpha value is -1.26. The highest BCUT2D eigenvalue weighted by molar-refractivity contribution is 5.85. The number of hydrogen-bond donors (Lipinski definition) is 1. The average molecular weight is 409 g/mol. The summed E-state index contributed by atoms with van der Waals surface area (Å²) >= 11 is 0. The normalized spacial score (nSPS) is 18.5. The summed E-state index contributed by atoms with van der Waals surface area (Å²) in [6.07, 6.45) is 2.87. The molecule has 0 aromatic heterocycles. The number of benzene rings is 2. The predicted molar refractivity (Wildman–Crippen MR) is 117 cm³/mol. The van der Waals surface area contributed by atoms with Crippen molar-refractivity contribution in [2.45, 2.75) is 52.4 Å². The van der Waals surface area contributed by atoms with Crippen LogP contribution in [0.15, 0.2) is 36.4 Å². The molecule has 1 fully saturated rings. The molecule has 2 aliphatic heterocycles. The van der Waals surface area contributed by atoms with Gasteiger partial charge < -0.3 is 10.1 Å². The van der Waals surface area contributed by atoms with E-state index in [0.717, 1.165) is 32.8 Å². The lowest BCUT2D eigenvalue weighted by Crippen LogP contribution is -2.27. The fourth-order valence-electron chi connectivity index (χ4n) is 3.98. The summed E-state index contributed by atoms with van der Waals surface area (Å²) < 4.78 is 5.82. The van der Waals surface area contributed by atoms with Crippen molar-refractivity contribution in [3.05, 3.63) is 64.2 Å². The van der Waals surface area contributed by atoms with Crippen LogP contribution in [-0.4, -0.2) is 24.2 Å². The van der Waals surface area contributed by atoms with Crippen LogP contribution in [0, 0.1) is 13.8 Å². The topological polar surface area (TPSA) is 24.5 Å². The summed E-state index contributed by atoms with van der Waals surface area (Å²) in [7, 11) is 0. The van der Waals surface area contributed by atoms with Gasteiger partial charge in [0.2, 0.25) is 0 Å². The molecule has 1 N–H and O–H groups in total. The zero-order valence-electron chi connectivity index (χ0n) is 16.2. The van der Waals surface area contributed by atoms with Crippen molar-refractivity contribution in [1.82, 2.24) is 4.90 Å². The number of anilines is 1. The maximum Gasteiger partial charge on any atom is 0.0703 e. The van der Waals surface area contributed by atoms with Gasteiger partial charge in [0.15, 0.2) is 0 Å². The zero-order chi connectivity index (χ0) is 17.2. The van der Waals surface area contributed by atoms with Gasteiger partial charge in [-0.15, -0.1) is 24.8 Å². The van der Waals surface area contributed by atoms with Gasteiger partial charge in [0.25, 0.3) is 0 Å². The molecule has 0 aliphatic carbocycles. The number of halogens is 2. The second-order valence-electron chi connectivity index (χ2n) is 7.51. The summed E-state index contributed by atoms with van der Waals surface area (Å²) in [6.45, 7) is 9.34. The number of fused-ring (bicyclic) bond motifs is 1. The maximum absolute atomic E-state index is 5.82. The molecule has 0 saturated carbocycles. The summed E-state index contributed by atoms with van der Waals surface area (Å²) in [5, 5.41) is 3.60. The molecule has 1 atom stereocenters. The molecule has 0 bridgehead atoms. The maximum atomic E-state index is 5.82. The molecular formula is C22H30Cl2N2O. The highest BCUT2D eigenvalue weighted by Gasteiger charge is 2.25. The molecule has 0 amide bonds. The molecule has 27 heavy (non-hydrogen) atoms. The Morgan fingerprint density at radius 2 is 1.93 bits per heavy atom. The van der Waals surface area contributed by atoms with E-state index in [1.807, 2.05) is 0 Å². The molecule has 5 heteroatoms. The van der Waals surface area contributed by atoms with Crippen molar-refractivity contribution in [1.29, 1.82) is 0 Å². The number of aryl methyl sites for hydroxylation is 2. The number of nitrogens with zero attached hydrogens (tertiary/aromatic N) is 1. The van der Waals surface area contributed by atoms with Crippen molar-refractivity contribution in [3.63, 3.8) is 0 Å². The standard InChI is InChI=1S/C22H28N2O.2ClH/c1-16-8-9-20(11-17(16)2)23-12-18-5-3-6-19-13-24(15-22(18)19)14-21-7-4-10-25-21;;/h3,5-6,8-9,11,21,23H,4,7,10,12-15H2,1-2H3;2*1H. The van der Waals surface area contributed by atoms with Gasteiger partial charge in [0.1, 0.15) is 0 Å².